The van der Waals surface area contributed by atoms with Crippen molar-refractivity contribution >= 4 is 16.7 Å². The lowest BCUT2D eigenvalue weighted by atomic mass is 10.1. The van der Waals surface area contributed by atoms with E-state index in [-0.39, 0.29) is 0 Å². The van der Waals surface area contributed by atoms with Crippen LogP contribution in [0.4, 0.5) is 0 Å². The van der Waals surface area contributed by atoms with Gasteiger partial charge in [0.1, 0.15) is 0 Å². The molecule has 0 unspecified atom stereocenters. The average molecular weight is 221 g/mol. The highest BCUT2D eigenvalue weighted by Gasteiger charge is 2.06. The first-order chi connectivity index (χ1) is 8.45. The Balaban J connectivity index is 2.20. The molecule has 0 aliphatic carbocycles. The first-order valence-corrected chi connectivity index (χ1v) is 5.45. The molecule has 0 amide bonds. The zero-order chi connectivity index (χ0) is 11.5. The van der Waals surface area contributed by atoms with Crippen molar-refractivity contribution in [3.05, 3.63) is 66.7 Å². The lowest BCUT2D eigenvalue weighted by Gasteiger charge is -2.08. The molecule has 0 fully saturated rings. The zero-order valence-corrected chi connectivity index (χ0v) is 9.17. The Morgan fingerprint density at radius 1 is 0.941 bits per heavy atom. The van der Waals surface area contributed by atoms with Crippen LogP contribution in [0.25, 0.3) is 16.7 Å². The summed E-state index contributed by atoms with van der Waals surface area (Å²) in [4.78, 5) is 8.70. The van der Waals surface area contributed by atoms with E-state index in [0.29, 0.717) is 0 Å². The Hall–Kier alpha value is -2.42. The summed E-state index contributed by atoms with van der Waals surface area (Å²) >= 11 is 0. The Morgan fingerprint density at radius 2 is 1.88 bits per heavy atom. The normalized spacial score (nSPS) is 14.2. The monoisotopic (exact) mass is 221 g/mol. The maximum absolute atomic E-state index is 4.40. The highest BCUT2D eigenvalue weighted by molar-refractivity contribution is 5.88. The number of rotatable bonds is 1. The van der Waals surface area contributed by atoms with Crippen LogP contribution in [0, 0.1) is 0 Å². The fourth-order valence-corrected chi connectivity index (χ4v) is 1.84. The summed E-state index contributed by atoms with van der Waals surface area (Å²) in [5.74, 6) is 0. The van der Waals surface area contributed by atoms with Crippen LogP contribution in [-0.4, -0.2) is 9.97 Å². The predicted molar refractivity (Wildman–Crippen MR) is 68.9 cm³/mol. The van der Waals surface area contributed by atoms with Gasteiger partial charge in [-0.3, -0.25) is 9.97 Å². The third-order valence-electron chi connectivity index (χ3n) is 2.61. The number of para-hydroxylation sites is 1. The highest BCUT2D eigenvalue weighted by atomic mass is 14.9. The van der Waals surface area contributed by atoms with Gasteiger partial charge in [0.25, 0.3) is 0 Å². The van der Waals surface area contributed by atoms with Gasteiger partial charge >= 0.3 is 0 Å². The Kier molecular flexibility index (Phi) is 2.43. The molecule has 1 N–H and O–H groups in total. The van der Waals surface area contributed by atoms with E-state index in [0.717, 1.165) is 22.3 Å². The van der Waals surface area contributed by atoms with Crippen LogP contribution in [0.15, 0.2) is 61.1 Å². The largest absolute Gasteiger partial charge is 0.361 e. The number of nitrogens with zero attached hydrogens (tertiary/aromatic N) is 2. The average Bonchev–Trinajstić information content (AvgIpc) is 2.67. The molecule has 1 aromatic heterocycles. The molecule has 3 nitrogen and oxygen atoms in total. The Morgan fingerprint density at radius 3 is 2.88 bits per heavy atom. The molecule has 3 heteroatoms. The molecule has 0 atom stereocenters. The molecule has 0 saturated carbocycles. The maximum atomic E-state index is 4.40. The van der Waals surface area contributed by atoms with Crippen LogP contribution in [0.2, 0.25) is 0 Å². The Bertz CT molecular complexity index is 633. The minimum atomic E-state index is 0.907. The first-order valence-electron chi connectivity index (χ1n) is 5.45. The lowest BCUT2D eigenvalue weighted by molar-refractivity contribution is 1.21. The number of hydrogen-bond donors (Lipinski definition) is 1. The van der Waals surface area contributed by atoms with E-state index in [2.05, 4.69) is 15.3 Å². The highest BCUT2D eigenvalue weighted by Crippen LogP contribution is 2.21. The molecule has 0 radical (unpaired) electrons. The van der Waals surface area contributed by atoms with E-state index in [1.807, 2.05) is 48.7 Å². The van der Waals surface area contributed by atoms with Crippen LogP contribution >= 0.6 is 0 Å². The quantitative estimate of drug-likeness (QED) is 0.804. The number of fused-ring (bicyclic) bond motifs is 1. The SMILES string of the molecule is C1=CC=C(c2cccc3nccnc23)NC=C1. The van der Waals surface area contributed by atoms with Crippen molar-refractivity contribution in [2.45, 2.75) is 0 Å². The molecule has 2 aromatic rings. The number of allylic oxidation sites excluding steroid dienone is 4. The summed E-state index contributed by atoms with van der Waals surface area (Å²) in [5.41, 5.74) is 3.91. The second kappa shape index (κ2) is 4.22. The zero-order valence-electron chi connectivity index (χ0n) is 9.17. The third-order valence-corrected chi connectivity index (χ3v) is 2.61. The number of benzene rings is 1. The van der Waals surface area contributed by atoms with Gasteiger partial charge in [-0.1, -0.05) is 24.3 Å². The minimum Gasteiger partial charge on any atom is -0.361 e. The van der Waals surface area contributed by atoms with Crippen molar-refractivity contribution < 1.29 is 0 Å². The molecule has 17 heavy (non-hydrogen) atoms. The molecule has 82 valence electrons. The van der Waals surface area contributed by atoms with Crippen molar-refractivity contribution in [1.29, 1.82) is 0 Å². The van der Waals surface area contributed by atoms with Gasteiger partial charge in [0.2, 0.25) is 0 Å². The lowest BCUT2D eigenvalue weighted by Crippen LogP contribution is -2.04. The maximum Gasteiger partial charge on any atom is 0.0979 e. The molecule has 3 rings (SSSR count). The molecule has 0 bridgehead atoms. The molecular formula is C14H11N3. The topological polar surface area (TPSA) is 37.8 Å². The fourth-order valence-electron chi connectivity index (χ4n) is 1.84. The third kappa shape index (κ3) is 1.83. The van der Waals surface area contributed by atoms with Crippen LogP contribution in [0.3, 0.4) is 0 Å². The summed E-state index contributed by atoms with van der Waals surface area (Å²) in [7, 11) is 0. The standard InChI is InChI=1S/C14H11N3/c1-2-6-12(15-8-3-1)11-5-4-7-13-14(11)17-10-9-16-13/h1-10,15H. The van der Waals surface area contributed by atoms with Gasteiger partial charge < -0.3 is 5.32 Å². The molecular weight excluding hydrogens is 210 g/mol. The van der Waals surface area contributed by atoms with Crippen molar-refractivity contribution in [2.75, 3.05) is 0 Å². The molecule has 1 aromatic carbocycles. The fraction of sp³-hybridized carbons (Fsp3) is 0. The second-order valence-electron chi connectivity index (χ2n) is 3.70. The van der Waals surface area contributed by atoms with Crippen LogP contribution in [0.1, 0.15) is 5.56 Å². The van der Waals surface area contributed by atoms with Crippen molar-refractivity contribution in [3.63, 3.8) is 0 Å². The summed E-state index contributed by atoms with van der Waals surface area (Å²) in [5, 5.41) is 3.24. The van der Waals surface area contributed by atoms with Gasteiger partial charge in [-0.15, -0.1) is 0 Å². The molecule has 1 aliphatic rings. The van der Waals surface area contributed by atoms with Gasteiger partial charge in [0.05, 0.1) is 11.0 Å². The molecule has 2 heterocycles. The Labute approximate surface area is 99.2 Å². The molecule has 0 spiro atoms. The summed E-state index contributed by atoms with van der Waals surface area (Å²) < 4.78 is 0. The van der Waals surface area contributed by atoms with Crippen LogP contribution in [0.5, 0.6) is 0 Å². The van der Waals surface area contributed by atoms with Crippen LogP contribution < -0.4 is 5.32 Å². The van der Waals surface area contributed by atoms with Crippen molar-refractivity contribution in [3.8, 4) is 0 Å². The van der Waals surface area contributed by atoms with E-state index < -0.39 is 0 Å². The molecule has 1 aliphatic heterocycles. The van der Waals surface area contributed by atoms with Gasteiger partial charge in [-0.2, -0.15) is 0 Å². The molecule has 0 saturated heterocycles. The number of nitrogens with one attached hydrogen (secondary N) is 1. The van der Waals surface area contributed by atoms with Gasteiger partial charge in [0.15, 0.2) is 0 Å². The number of aromatic nitrogens is 2. The summed E-state index contributed by atoms with van der Waals surface area (Å²) in [6.45, 7) is 0. The van der Waals surface area contributed by atoms with Crippen LogP contribution in [-0.2, 0) is 0 Å². The van der Waals surface area contributed by atoms with Gasteiger partial charge in [0, 0.05) is 29.9 Å². The van der Waals surface area contributed by atoms with E-state index in [9.17, 15) is 0 Å². The smallest absolute Gasteiger partial charge is 0.0979 e. The van der Waals surface area contributed by atoms with Gasteiger partial charge in [-0.05, 0) is 18.2 Å². The number of hydrogen-bond acceptors (Lipinski definition) is 3. The van der Waals surface area contributed by atoms with Crippen molar-refractivity contribution in [2.24, 2.45) is 0 Å². The second-order valence-corrected chi connectivity index (χ2v) is 3.70. The van der Waals surface area contributed by atoms with Crippen molar-refractivity contribution in [1.82, 2.24) is 15.3 Å². The summed E-state index contributed by atoms with van der Waals surface area (Å²) in [6, 6.07) is 6.00. The van der Waals surface area contributed by atoms with E-state index in [1.165, 1.54) is 0 Å². The van der Waals surface area contributed by atoms with E-state index in [4.69, 9.17) is 0 Å². The minimum absolute atomic E-state index is 0.907. The first kappa shape index (κ1) is 9.78. The summed E-state index contributed by atoms with van der Waals surface area (Å²) in [6.07, 6.45) is 13.3. The van der Waals surface area contributed by atoms with E-state index >= 15 is 0 Å². The van der Waals surface area contributed by atoms with E-state index in [1.54, 1.807) is 12.4 Å². The van der Waals surface area contributed by atoms with Gasteiger partial charge in [-0.25, -0.2) is 0 Å². The predicted octanol–water partition coefficient (Wildman–Crippen LogP) is 2.64.